The average molecular weight is 352 g/mol. The lowest BCUT2D eigenvalue weighted by molar-refractivity contribution is -0.134. The van der Waals surface area contributed by atoms with Gasteiger partial charge in [-0.2, -0.15) is 0 Å². The Morgan fingerprint density at radius 3 is 2.35 bits per heavy atom. The molecular formula is C21H24N2O3. The lowest BCUT2D eigenvalue weighted by Crippen LogP contribution is -2.48. The monoisotopic (exact) mass is 352 g/mol. The van der Waals surface area contributed by atoms with Crippen molar-refractivity contribution in [3.63, 3.8) is 0 Å². The number of nitrogens with zero attached hydrogens (tertiary/aromatic N) is 2. The largest absolute Gasteiger partial charge is 0.338 e. The average Bonchev–Trinajstić information content (AvgIpc) is 2.72. The van der Waals surface area contributed by atoms with Crippen molar-refractivity contribution in [1.82, 2.24) is 9.80 Å². The number of hydrogen-bond acceptors (Lipinski definition) is 3. The summed E-state index contributed by atoms with van der Waals surface area (Å²) < 4.78 is 0. The Morgan fingerprint density at radius 1 is 0.962 bits per heavy atom. The van der Waals surface area contributed by atoms with Crippen LogP contribution in [0.1, 0.15) is 58.4 Å². The molecule has 2 aliphatic carbocycles. The van der Waals surface area contributed by atoms with Gasteiger partial charge in [-0.25, -0.2) is 0 Å². The van der Waals surface area contributed by atoms with Crippen molar-refractivity contribution in [3.8, 4) is 0 Å². The van der Waals surface area contributed by atoms with Gasteiger partial charge in [-0.1, -0.05) is 11.6 Å². The Labute approximate surface area is 153 Å². The van der Waals surface area contributed by atoms with Gasteiger partial charge in [0.2, 0.25) is 5.91 Å². The highest BCUT2D eigenvalue weighted by Crippen LogP contribution is 2.47. The van der Waals surface area contributed by atoms with E-state index in [2.05, 4.69) is 0 Å². The molecule has 6 rings (SSSR count). The fraction of sp³-hybridized carbons (Fsp3) is 0.571. The smallest absolute Gasteiger partial charge is 0.262 e. The molecule has 0 spiro atoms. The molecule has 26 heavy (non-hydrogen) atoms. The molecule has 3 aliphatic heterocycles. The summed E-state index contributed by atoms with van der Waals surface area (Å²) in [4.78, 5) is 41.5. The third-order valence-corrected chi connectivity index (χ3v) is 6.85. The van der Waals surface area contributed by atoms with Crippen molar-refractivity contribution in [1.29, 1.82) is 0 Å². The van der Waals surface area contributed by atoms with E-state index in [0.29, 0.717) is 23.1 Å². The molecule has 2 saturated heterocycles. The minimum Gasteiger partial charge on any atom is -0.338 e. The molecule has 4 fully saturated rings. The van der Waals surface area contributed by atoms with E-state index >= 15 is 0 Å². The number of carbonyl (C=O) groups excluding carboxylic acids is 3. The zero-order chi connectivity index (χ0) is 18.0. The first-order valence-corrected chi connectivity index (χ1v) is 9.76. The highest BCUT2D eigenvalue weighted by atomic mass is 16.2. The molecule has 2 saturated carbocycles. The van der Waals surface area contributed by atoms with Gasteiger partial charge >= 0.3 is 0 Å². The maximum Gasteiger partial charge on any atom is 0.262 e. The Hall–Kier alpha value is -2.17. The molecule has 5 aliphatic rings. The van der Waals surface area contributed by atoms with Gasteiger partial charge in [0.15, 0.2) is 0 Å². The van der Waals surface area contributed by atoms with Crippen LogP contribution in [0.4, 0.5) is 0 Å². The predicted octanol–water partition coefficient (Wildman–Crippen LogP) is 2.63. The van der Waals surface area contributed by atoms with Crippen molar-refractivity contribution in [2.24, 2.45) is 17.8 Å². The lowest BCUT2D eigenvalue weighted by Gasteiger charge is -2.39. The molecule has 1 aromatic carbocycles. The number of hydrogen-bond donors (Lipinski definition) is 0. The Morgan fingerprint density at radius 2 is 1.62 bits per heavy atom. The second-order valence-corrected chi connectivity index (χ2v) is 8.72. The molecular weight excluding hydrogens is 328 g/mol. The zero-order valence-corrected chi connectivity index (χ0v) is 15.1. The van der Waals surface area contributed by atoms with E-state index in [0.717, 1.165) is 41.7 Å². The van der Waals surface area contributed by atoms with Gasteiger partial charge in [-0.15, -0.1) is 0 Å². The fourth-order valence-electron chi connectivity index (χ4n) is 5.86. The molecule has 3 heterocycles. The number of amides is 3. The van der Waals surface area contributed by atoms with Gasteiger partial charge in [0.25, 0.3) is 11.8 Å². The maximum atomic E-state index is 13.1. The second kappa shape index (κ2) is 5.66. The van der Waals surface area contributed by atoms with E-state index in [1.807, 2.05) is 17.9 Å². The Kier molecular flexibility index (Phi) is 3.49. The van der Waals surface area contributed by atoms with Gasteiger partial charge < -0.3 is 4.90 Å². The summed E-state index contributed by atoms with van der Waals surface area (Å²) in [7, 11) is 0. The van der Waals surface area contributed by atoms with Crippen LogP contribution < -0.4 is 0 Å². The molecule has 1 aromatic rings. The van der Waals surface area contributed by atoms with Crippen molar-refractivity contribution in [3.05, 3.63) is 34.9 Å². The number of aryl methyl sites for hydroxylation is 1. The van der Waals surface area contributed by atoms with Crippen LogP contribution in [0, 0.1) is 24.7 Å². The fourth-order valence-corrected chi connectivity index (χ4v) is 5.86. The van der Waals surface area contributed by atoms with E-state index in [-0.39, 0.29) is 24.3 Å². The summed E-state index contributed by atoms with van der Waals surface area (Å²) in [5.41, 5.74) is 1.79. The van der Waals surface area contributed by atoms with Crippen molar-refractivity contribution < 1.29 is 14.4 Å². The predicted molar refractivity (Wildman–Crippen MR) is 95.6 cm³/mol. The molecule has 3 amide bonds. The molecule has 5 nitrogen and oxygen atoms in total. The van der Waals surface area contributed by atoms with E-state index in [1.165, 1.54) is 19.3 Å². The molecule has 4 bridgehead atoms. The molecule has 5 heteroatoms. The summed E-state index contributed by atoms with van der Waals surface area (Å²) in [5, 5.41) is 0. The first kappa shape index (κ1) is 16.0. The van der Waals surface area contributed by atoms with Crippen molar-refractivity contribution in [2.45, 2.75) is 45.1 Å². The quantitative estimate of drug-likeness (QED) is 0.769. The van der Waals surface area contributed by atoms with Gasteiger partial charge in [-0.3, -0.25) is 19.3 Å². The van der Waals surface area contributed by atoms with Gasteiger partial charge in [0, 0.05) is 12.6 Å². The number of carbonyl (C=O) groups is 3. The summed E-state index contributed by atoms with van der Waals surface area (Å²) in [5.74, 6) is 1.39. The van der Waals surface area contributed by atoms with Crippen LogP contribution in [-0.4, -0.2) is 46.7 Å². The van der Waals surface area contributed by atoms with E-state index in [4.69, 9.17) is 0 Å². The summed E-state index contributed by atoms with van der Waals surface area (Å²) in [6.45, 7) is 2.58. The normalized spacial score (nSPS) is 32.2. The molecule has 0 N–H and O–H groups in total. The Balaban J connectivity index is 1.36. The van der Waals surface area contributed by atoms with Crippen LogP contribution in [0.25, 0.3) is 0 Å². The number of imide groups is 1. The number of rotatable bonds is 2. The second-order valence-electron chi connectivity index (χ2n) is 8.72. The van der Waals surface area contributed by atoms with Gasteiger partial charge in [0.1, 0.15) is 6.54 Å². The van der Waals surface area contributed by atoms with Gasteiger partial charge in [0.05, 0.1) is 11.1 Å². The maximum absolute atomic E-state index is 13.1. The third kappa shape index (κ3) is 2.40. The molecule has 136 valence electrons. The minimum absolute atomic E-state index is 0.0607. The van der Waals surface area contributed by atoms with Crippen LogP contribution in [0.15, 0.2) is 18.2 Å². The highest BCUT2D eigenvalue weighted by molar-refractivity contribution is 6.22. The van der Waals surface area contributed by atoms with Crippen LogP contribution in [0.5, 0.6) is 0 Å². The topological polar surface area (TPSA) is 57.7 Å². The Bertz CT molecular complexity index is 803. The van der Waals surface area contributed by atoms with E-state index in [1.54, 1.807) is 12.1 Å². The third-order valence-electron chi connectivity index (χ3n) is 6.85. The molecule has 2 atom stereocenters. The van der Waals surface area contributed by atoms with Crippen LogP contribution in [-0.2, 0) is 4.79 Å². The first-order valence-electron chi connectivity index (χ1n) is 9.76. The van der Waals surface area contributed by atoms with E-state index < -0.39 is 0 Å². The van der Waals surface area contributed by atoms with Gasteiger partial charge in [-0.05, 0) is 68.9 Å². The molecule has 0 radical (unpaired) electrons. The van der Waals surface area contributed by atoms with Crippen molar-refractivity contribution >= 4 is 17.7 Å². The SMILES string of the molecule is Cc1ccc2c(c1)C(=O)N(CC(=O)N1CC3CC4CC(C3)CC1C4)C2=O. The first-order chi connectivity index (χ1) is 12.5. The summed E-state index contributed by atoms with van der Waals surface area (Å²) in [6, 6.07) is 5.57. The van der Waals surface area contributed by atoms with E-state index in [9.17, 15) is 14.4 Å². The molecule has 2 unspecified atom stereocenters. The van der Waals surface area contributed by atoms with Crippen molar-refractivity contribution in [2.75, 3.05) is 13.1 Å². The summed E-state index contributed by atoms with van der Waals surface area (Å²) >= 11 is 0. The zero-order valence-electron chi connectivity index (χ0n) is 15.1. The molecule has 0 aromatic heterocycles. The van der Waals surface area contributed by atoms with Crippen LogP contribution in [0.2, 0.25) is 0 Å². The summed E-state index contributed by atoms with van der Waals surface area (Å²) in [6.07, 6.45) is 6.00. The van der Waals surface area contributed by atoms with Crippen LogP contribution in [0.3, 0.4) is 0 Å². The highest BCUT2D eigenvalue weighted by Gasteiger charge is 2.45. The standard InChI is InChI=1S/C21H24N2O3/c1-12-2-3-17-18(4-12)21(26)23(20(17)25)11-19(24)22-10-15-6-13-5-14(7-15)9-16(22)8-13/h2-4,13-16H,5-11H2,1H3. The lowest BCUT2D eigenvalue weighted by atomic mass is 9.68. The van der Waals surface area contributed by atoms with Crippen LogP contribution >= 0.6 is 0 Å². The minimum atomic E-state index is -0.334. The number of fused-ring (bicyclic) bond motifs is 2. The number of benzene rings is 1.